The van der Waals surface area contributed by atoms with E-state index in [2.05, 4.69) is 6.07 Å². The van der Waals surface area contributed by atoms with Crippen LogP contribution in [0.15, 0.2) is 18.2 Å². The summed E-state index contributed by atoms with van der Waals surface area (Å²) in [5.41, 5.74) is 0. The van der Waals surface area contributed by atoms with Gasteiger partial charge in [0.1, 0.15) is 0 Å². The van der Waals surface area contributed by atoms with Gasteiger partial charge in [0.05, 0.1) is 0 Å². The SMILES string of the molecule is Clc1[c]c(Cl)ccc1. The van der Waals surface area contributed by atoms with Crippen LogP contribution in [0, 0.1) is 6.07 Å². The van der Waals surface area contributed by atoms with Crippen LogP contribution in [-0.2, 0) is 0 Å². The van der Waals surface area contributed by atoms with Crippen LogP contribution in [0.3, 0.4) is 0 Å². The van der Waals surface area contributed by atoms with Gasteiger partial charge in [-0.15, -0.1) is 0 Å². The minimum atomic E-state index is 0.553. The average molecular weight is 146 g/mol. The number of benzene rings is 1. The monoisotopic (exact) mass is 145 g/mol. The maximum atomic E-state index is 5.50. The third-order valence-corrected chi connectivity index (χ3v) is 1.16. The fourth-order valence-corrected chi connectivity index (χ4v) is 0.812. The van der Waals surface area contributed by atoms with Crippen LogP contribution in [0.4, 0.5) is 0 Å². The number of hydrogen-bond acceptors (Lipinski definition) is 0. The zero-order valence-electron chi connectivity index (χ0n) is 3.99. The van der Waals surface area contributed by atoms with Gasteiger partial charge < -0.3 is 0 Å². The second-order valence-electron chi connectivity index (χ2n) is 1.35. The molecule has 0 atom stereocenters. The molecular formula is C6H3Cl2. The highest BCUT2D eigenvalue weighted by Gasteiger charge is 1.86. The molecule has 0 unspecified atom stereocenters. The Morgan fingerprint density at radius 3 is 1.88 bits per heavy atom. The van der Waals surface area contributed by atoms with Gasteiger partial charge in [0.2, 0.25) is 0 Å². The molecule has 0 spiro atoms. The molecule has 1 aromatic carbocycles. The quantitative estimate of drug-likeness (QED) is 0.527. The highest BCUT2D eigenvalue weighted by atomic mass is 35.5. The van der Waals surface area contributed by atoms with E-state index in [9.17, 15) is 0 Å². The molecule has 1 aromatic rings. The van der Waals surface area contributed by atoms with Gasteiger partial charge in [-0.1, -0.05) is 29.3 Å². The van der Waals surface area contributed by atoms with E-state index in [1.54, 1.807) is 18.2 Å². The Labute approximate surface area is 58.0 Å². The fraction of sp³-hybridized carbons (Fsp3) is 0. The summed E-state index contributed by atoms with van der Waals surface area (Å²) in [6.45, 7) is 0. The van der Waals surface area contributed by atoms with Crippen molar-refractivity contribution in [1.29, 1.82) is 0 Å². The summed E-state index contributed by atoms with van der Waals surface area (Å²) in [6.07, 6.45) is 0. The van der Waals surface area contributed by atoms with Gasteiger partial charge >= 0.3 is 0 Å². The van der Waals surface area contributed by atoms with Gasteiger partial charge in [-0.25, -0.2) is 0 Å². The largest absolute Gasteiger partial charge is 0.0836 e. The number of hydrogen-bond donors (Lipinski definition) is 0. The zero-order valence-corrected chi connectivity index (χ0v) is 5.50. The maximum Gasteiger partial charge on any atom is 0.0500 e. The van der Waals surface area contributed by atoms with E-state index in [4.69, 9.17) is 23.2 Å². The number of rotatable bonds is 0. The molecule has 0 amide bonds. The van der Waals surface area contributed by atoms with E-state index < -0.39 is 0 Å². The normalized spacial score (nSPS) is 9.25. The summed E-state index contributed by atoms with van der Waals surface area (Å²) in [5, 5.41) is 1.11. The first-order valence-corrected chi connectivity index (χ1v) is 2.88. The van der Waals surface area contributed by atoms with Crippen LogP contribution in [0.5, 0.6) is 0 Å². The number of halogens is 2. The van der Waals surface area contributed by atoms with E-state index in [1.165, 1.54) is 0 Å². The first kappa shape index (κ1) is 5.93. The highest BCUT2D eigenvalue weighted by Crippen LogP contribution is 2.12. The highest BCUT2D eigenvalue weighted by molar-refractivity contribution is 6.34. The van der Waals surface area contributed by atoms with Crippen LogP contribution in [0.2, 0.25) is 10.0 Å². The molecule has 0 bridgehead atoms. The van der Waals surface area contributed by atoms with Crippen molar-refractivity contribution in [3.63, 3.8) is 0 Å². The van der Waals surface area contributed by atoms with Crippen molar-refractivity contribution in [3.05, 3.63) is 34.3 Å². The molecule has 0 N–H and O–H groups in total. The lowest BCUT2D eigenvalue weighted by Gasteiger charge is -1.85. The smallest absolute Gasteiger partial charge is 0.0500 e. The summed E-state index contributed by atoms with van der Waals surface area (Å²) in [7, 11) is 0. The Hall–Kier alpha value is -0.200. The summed E-state index contributed by atoms with van der Waals surface area (Å²) in [6, 6.07) is 7.94. The first-order valence-electron chi connectivity index (χ1n) is 2.12. The first-order chi connectivity index (χ1) is 3.79. The lowest BCUT2D eigenvalue weighted by Crippen LogP contribution is -1.62. The second kappa shape index (κ2) is 2.38. The van der Waals surface area contributed by atoms with Gasteiger partial charge in [-0.2, -0.15) is 0 Å². The second-order valence-corrected chi connectivity index (χ2v) is 2.16. The van der Waals surface area contributed by atoms with Crippen molar-refractivity contribution >= 4 is 23.2 Å². The molecule has 0 nitrogen and oxygen atoms in total. The van der Waals surface area contributed by atoms with Crippen LogP contribution in [0.1, 0.15) is 0 Å². The van der Waals surface area contributed by atoms with E-state index >= 15 is 0 Å². The van der Waals surface area contributed by atoms with E-state index in [0.717, 1.165) is 0 Å². The van der Waals surface area contributed by atoms with Gasteiger partial charge in [0.25, 0.3) is 0 Å². The summed E-state index contributed by atoms with van der Waals surface area (Å²) in [5.74, 6) is 0. The lowest BCUT2D eigenvalue weighted by atomic mass is 10.4. The predicted octanol–water partition coefficient (Wildman–Crippen LogP) is 2.79. The molecule has 41 valence electrons. The molecular weight excluding hydrogens is 143 g/mol. The van der Waals surface area contributed by atoms with Crippen LogP contribution < -0.4 is 0 Å². The van der Waals surface area contributed by atoms with Crippen LogP contribution >= 0.6 is 23.2 Å². The summed E-state index contributed by atoms with van der Waals surface area (Å²) >= 11 is 11.0. The Balaban J connectivity index is 3.08. The molecule has 8 heavy (non-hydrogen) atoms. The molecule has 0 saturated carbocycles. The molecule has 0 aromatic heterocycles. The standard InChI is InChI=1S/C6H3Cl2/c7-5-2-1-3-6(8)4-5/h1-3H. The molecule has 0 aliphatic rings. The van der Waals surface area contributed by atoms with Crippen molar-refractivity contribution in [2.24, 2.45) is 0 Å². The molecule has 0 aliphatic heterocycles. The fourth-order valence-electron chi connectivity index (χ4n) is 0.414. The van der Waals surface area contributed by atoms with Crippen molar-refractivity contribution in [1.82, 2.24) is 0 Å². The van der Waals surface area contributed by atoms with Gasteiger partial charge in [0, 0.05) is 16.1 Å². The minimum Gasteiger partial charge on any atom is -0.0836 e. The maximum absolute atomic E-state index is 5.50. The molecule has 1 radical (unpaired) electrons. The molecule has 1 rings (SSSR count). The molecule has 2 heteroatoms. The van der Waals surface area contributed by atoms with E-state index in [-0.39, 0.29) is 0 Å². The summed E-state index contributed by atoms with van der Waals surface area (Å²) in [4.78, 5) is 0. The minimum absolute atomic E-state index is 0.553. The molecule has 0 aliphatic carbocycles. The van der Waals surface area contributed by atoms with Gasteiger partial charge in [-0.05, 0) is 12.1 Å². The van der Waals surface area contributed by atoms with E-state index in [1.807, 2.05) is 0 Å². The third-order valence-electron chi connectivity index (χ3n) is 0.724. The topological polar surface area (TPSA) is 0 Å². The van der Waals surface area contributed by atoms with Gasteiger partial charge in [-0.3, -0.25) is 0 Å². The van der Waals surface area contributed by atoms with Crippen molar-refractivity contribution in [2.45, 2.75) is 0 Å². The molecule has 0 fully saturated rings. The predicted molar refractivity (Wildman–Crippen MR) is 35.3 cm³/mol. The molecule has 0 saturated heterocycles. The Kier molecular flexibility index (Phi) is 1.77. The van der Waals surface area contributed by atoms with Crippen molar-refractivity contribution in [3.8, 4) is 0 Å². The van der Waals surface area contributed by atoms with Crippen LogP contribution in [-0.4, -0.2) is 0 Å². The van der Waals surface area contributed by atoms with Crippen LogP contribution in [0.25, 0.3) is 0 Å². The van der Waals surface area contributed by atoms with Crippen molar-refractivity contribution < 1.29 is 0 Å². The van der Waals surface area contributed by atoms with Gasteiger partial charge in [0.15, 0.2) is 0 Å². The third kappa shape index (κ3) is 1.39. The Morgan fingerprint density at radius 1 is 1.12 bits per heavy atom. The van der Waals surface area contributed by atoms with Crippen molar-refractivity contribution in [2.75, 3.05) is 0 Å². The lowest BCUT2D eigenvalue weighted by molar-refractivity contribution is 1.69. The Bertz CT molecular complexity index is 166. The average Bonchev–Trinajstić information content (AvgIpc) is 1.64. The van der Waals surface area contributed by atoms with E-state index in [0.29, 0.717) is 10.0 Å². The zero-order chi connectivity index (χ0) is 5.98. The summed E-state index contributed by atoms with van der Waals surface area (Å²) < 4.78 is 0. The molecule has 0 heterocycles. The Morgan fingerprint density at radius 2 is 1.62 bits per heavy atom.